The summed E-state index contributed by atoms with van der Waals surface area (Å²) in [6, 6.07) is 9.15. The van der Waals surface area contributed by atoms with Gasteiger partial charge in [-0.3, -0.25) is 0 Å². The molecule has 0 aliphatic carbocycles. The second-order valence-corrected chi connectivity index (χ2v) is 6.71. The van der Waals surface area contributed by atoms with E-state index in [4.69, 9.17) is 0 Å². The lowest BCUT2D eigenvalue weighted by Crippen LogP contribution is -2.10. The maximum Gasteiger partial charge on any atom is 0.158 e. The van der Waals surface area contributed by atoms with E-state index in [1.165, 1.54) is 11.1 Å². The van der Waals surface area contributed by atoms with Gasteiger partial charge in [0.2, 0.25) is 0 Å². The molecule has 0 saturated carbocycles. The van der Waals surface area contributed by atoms with Gasteiger partial charge in [-0.1, -0.05) is 24.3 Å². The van der Waals surface area contributed by atoms with Gasteiger partial charge in [-0.15, -0.1) is 0 Å². The zero-order valence-electron chi connectivity index (χ0n) is 14.8. The Bertz CT molecular complexity index is 780. The van der Waals surface area contributed by atoms with Gasteiger partial charge in [-0.2, -0.15) is 0 Å². The van der Waals surface area contributed by atoms with E-state index >= 15 is 0 Å². The molecule has 0 N–H and O–H groups in total. The van der Waals surface area contributed by atoms with Gasteiger partial charge in [-0.05, 0) is 39.1 Å². The Morgan fingerprint density at radius 3 is 2.46 bits per heavy atom. The highest BCUT2D eigenvalue weighted by atomic mass is 15.1. The zero-order chi connectivity index (χ0) is 17.1. The molecule has 3 aromatic rings. The van der Waals surface area contributed by atoms with E-state index in [9.17, 15) is 0 Å². The standard InChI is InChI=1S/C19H25N5/c1-15(2)24-14-20-11-18(24)19-21-9-10-23(19)13-17-7-5-16(6-8-17)12-22(3)4/h5-11,14-15H,12-13H2,1-4H3. The van der Waals surface area contributed by atoms with Crippen LogP contribution in [0.3, 0.4) is 0 Å². The minimum Gasteiger partial charge on any atom is -0.326 e. The average molecular weight is 323 g/mol. The molecule has 24 heavy (non-hydrogen) atoms. The molecule has 0 aliphatic heterocycles. The van der Waals surface area contributed by atoms with E-state index in [1.54, 1.807) is 0 Å². The molecule has 0 spiro atoms. The fourth-order valence-electron chi connectivity index (χ4n) is 2.87. The van der Waals surface area contributed by atoms with Crippen LogP contribution in [-0.2, 0) is 13.1 Å². The lowest BCUT2D eigenvalue weighted by atomic mass is 10.1. The summed E-state index contributed by atoms with van der Waals surface area (Å²) in [5, 5.41) is 0. The number of rotatable bonds is 6. The van der Waals surface area contributed by atoms with E-state index < -0.39 is 0 Å². The fraction of sp³-hybridized carbons (Fsp3) is 0.368. The molecule has 0 atom stereocenters. The van der Waals surface area contributed by atoms with Crippen LogP contribution in [0.2, 0.25) is 0 Å². The first-order chi connectivity index (χ1) is 11.5. The number of hydrogen-bond donors (Lipinski definition) is 0. The summed E-state index contributed by atoms with van der Waals surface area (Å²) < 4.78 is 4.33. The van der Waals surface area contributed by atoms with Crippen molar-refractivity contribution < 1.29 is 0 Å². The van der Waals surface area contributed by atoms with Crippen LogP contribution >= 0.6 is 0 Å². The Morgan fingerprint density at radius 1 is 1.08 bits per heavy atom. The van der Waals surface area contributed by atoms with Gasteiger partial charge in [0.15, 0.2) is 5.82 Å². The summed E-state index contributed by atoms with van der Waals surface area (Å²) in [6.07, 6.45) is 7.64. The lowest BCUT2D eigenvalue weighted by Gasteiger charge is -2.14. The Hall–Kier alpha value is -2.40. The third-order valence-electron chi connectivity index (χ3n) is 4.04. The summed E-state index contributed by atoms with van der Waals surface area (Å²) in [4.78, 5) is 11.0. The van der Waals surface area contributed by atoms with E-state index in [-0.39, 0.29) is 0 Å². The number of benzene rings is 1. The van der Waals surface area contributed by atoms with Crippen molar-refractivity contribution in [3.63, 3.8) is 0 Å². The number of imidazole rings is 2. The minimum absolute atomic E-state index is 0.359. The molecular weight excluding hydrogens is 298 g/mol. The van der Waals surface area contributed by atoms with Crippen molar-refractivity contribution in [2.24, 2.45) is 0 Å². The smallest absolute Gasteiger partial charge is 0.158 e. The molecule has 5 heteroatoms. The van der Waals surface area contributed by atoms with Gasteiger partial charge in [-0.25, -0.2) is 9.97 Å². The largest absolute Gasteiger partial charge is 0.326 e. The molecule has 0 bridgehead atoms. The second kappa shape index (κ2) is 7.01. The first-order valence-electron chi connectivity index (χ1n) is 8.30. The van der Waals surface area contributed by atoms with E-state index in [0.29, 0.717) is 6.04 Å². The molecule has 2 aromatic heterocycles. The van der Waals surface area contributed by atoms with Crippen LogP contribution in [0, 0.1) is 0 Å². The molecule has 5 nitrogen and oxygen atoms in total. The molecular formula is C19H25N5. The van der Waals surface area contributed by atoms with Crippen LogP contribution in [0.15, 0.2) is 49.2 Å². The van der Waals surface area contributed by atoms with E-state index in [1.807, 2.05) is 24.9 Å². The molecule has 0 fully saturated rings. The third-order valence-corrected chi connectivity index (χ3v) is 4.04. The molecule has 126 valence electrons. The van der Waals surface area contributed by atoms with Crippen LogP contribution in [-0.4, -0.2) is 38.1 Å². The van der Waals surface area contributed by atoms with Gasteiger partial charge in [0.1, 0.15) is 5.69 Å². The Kier molecular flexibility index (Phi) is 4.81. The van der Waals surface area contributed by atoms with Gasteiger partial charge in [0, 0.05) is 31.5 Å². The minimum atomic E-state index is 0.359. The van der Waals surface area contributed by atoms with Crippen LogP contribution in [0.5, 0.6) is 0 Å². The maximum absolute atomic E-state index is 4.55. The number of aromatic nitrogens is 4. The van der Waals surface area contributed by atoms with Crippen molar-refractivity contribution >= 4 is 0 Å². The summed E-state index contributed by atoms with van der Waals surface area (Å²) in [6.45, 7) is 6.08. The SMILES string of the molecule is CC(C)n1cncc1-c1nccn1Cc1ccc(CN(C)C)cc1. The van der Waals surface area contributed by atoms with Gasteiger partial charge in [0.25, 0.3) is 0 Å². The Labute approximate surface area is 143 Å². The zero-order valence-corrected chi connectivity index (χ0v) is 14.8. The van der Waals surface area contributed by atoms with Crippen LogP contribution in [0.1, 0.15) is 31.0 Å². The summed E-state index contributed by atoms with van der Waals surface area (Å²) in [5.74, 6) is 0.957. The Balaban J connectivity index is 1.82. The molecule has 1 aromatic carbocycles. The van der Waals surface area contributed by atoms with Crippen LogP contribution < -0.4 is 0 Å². The van der Waals surface area contributed by atoms with E-state index in [2.05, 4.69) is 76.2 Å². The van der Waals surface area contributed by atoms with Gasteiger partial charge < -0.3 is 14.0 Å². The topological polar surface area (TPSA) is 38.9 Å². The number of nitrogens with zero attached hydrogens (tertiary/aromatic N) is 5. The predicted molar refractivity (Wildman–Crippen MR) is 96.8 cm³/mol. The van der Waals surface area contributed by atoms with Crippen molar-refractivity contribution in [2.75, 3.05) is 14.1 Å². The van der Waals surface area contributed by atoms with Crippen molar-refractivity contribution in [3.05, 3.63) is 60.3 Å². The normalized spacial score (nSPS) is 11.6. The summed E-state index contributed by atoms with van der Waals surface area (Å²) in [5.41, 5.74) is 3.65. The van der Waals surface area contributed by atoms with Crippen molar-refractivity contribution in [1.29, 1.82) is 0 Å². The average Bonchev–Trinajstić information content (AvgIpc) is 3.17. The van der Waals surface area contributed by atoms with Crippen molar-refractivity contribution in [3.8, 4) is 11.5 Å². The Morgan fingerprint density at radius 2 is 1.79 bits per heavy atom. The molecule has 0 aliphatic rings. The van der Waals surface area contributed by atoms with Crippen molar-refractivity contribution in [1.82, 2.24) is 24.0 Å². The highest BCUT2D eigenvalue weighted by Gasteiger charge is 2.13. The van der Waals surface area contributed by atoms with Crippen LogP contribution in [0.25, 0.3) is 11.5 Å². The summed E-state index contributed by atoms with van der Waals surface area (Å²) >= 11 is 0. The quantitative estimate of drug-likeness (QED) is 0.697. The molecule has 0 unspecified atom stereocenters. The maximum atomic E-state index is 4.55. The molecule has 3 rings (SSSR count). The van der Waals surface area contributed by atoms with Gasteiger partial charge >= 0.3 is 0 Å². The number of hydrogen-bond acceptors (Lipinski definition) is 3. The second-order valence-electron chi connectivity index (χ2n) is 6.71. The highest BCUT2D eigenvalue weighted by Crippen LogP contribution is 2.21. The fourth-order valence-corrected chi connectivity index (χ4v) is 2.87. The first kappa shape index (κ1) is 16.5. The molecule has 0 radical (unpaired) electrons. The third kappa shape index (κ3) is 3.57. The molecule has 0 saturated heterocycles. The monoisotopic (exact) mass is 323 g/mol. The highest BCUT2D eigenvalue weighted by molar-refractivity contribution is 5.50. The lowest BCUT2D eigenvalue weighted by molar-refractivity contribution is 0.402. The van der Waals surface area contributed by atoms with Crippen LogP contribution in [0.4, 0.5) is 0 Å². The van der Waals surface area contributed by atoms with Gasteiger partial charge in [0.05, 0.1) is 12.5 Å². The van der Waals surface area contributed by atoms with Crippen molar-refractivity contribution in [2.45, 2.75) is 33.0 Å². The summed E-state index contributed by atoms with van der Waals surface area (Å²) in [7, 11) is 4.17. The first-order valence-corrected chi connectivity index (χ1v) is 8.30. The predicted octanol–water partition coefficient (Wildman–Crippen LogP) is 3.44. The molecule has 0 amide bonds. The van der Waals surface area contributed by atoms with E-state index in [0.717, 1.165) is 24.6 Å². The molecule has 2 heterocycles.